The highest BCUT2D eigenvalue weighted by molar-refractivity contribution is 7.89. The van der Waals surface area contributed by atoms with Crippen LogP contribution in [0.1, 0.15) is 10.6 Å². The first-order chi connectivity index (χ1) is 9.39. The molecule has 20 heavy (non-hydrogen) atoms. The van der Waals surface area contributed by atoms with Crippen LogP contribution < -0.4 is 15.6 Å². The molecule has 0 fully saturated rings. The number of ether oxygens (including phenoxy) is 1. The summed E-state index contributed by atoms with van der Waals surface area (Å²) < 4.78 is 28.2. The van der Waals surface area contributed by atoms with Crippen molar-refractivity contribution in [2.75, 3.05) is 12.3 Å². The van der Waals surface area contributed by atoms with Crippen LogP contribution >= 0.6 is 11.3 Å². The molecular weight excluding hydrogens is 298 g/mol. The summed E-state index contributed by atoms with van der Waals surface area (Å²) in [5, 5.41) is 5.08. The Bertz CT molecular complexity index is 710. The van der Waals surface area contributed by atoms with Gasteiger partial charge in [-0.1, -0.05) is 6.07 Å². The summed E-state index contributed by atoms with van der Waals surface area (Å²) in [5.41, 5.74) is 8.56. The number of nitrogens with two attached hydrogens (primary N) is 2. The number of aryl methyl sites for hydroxylation is 1. The molecule has 0 radical (unpaired) electrons. The highest BCUT2D eigenvalue weighted by Crippen LogP contribution is 2.28. The van der Waals surface area contributed by atoms with E-state index < -0.39 is 10.0 Å². The molecule has 0 amide bonds. The van der Waals surface area contributed by atoms with Gasteiger partial charge in [-0.15, -0.1) is 11.3 Å². The van der Waals surface area contributed by atoms with Crippen molar-refractivity contribution in [2.45, 2.75) is 18.2 Å². The summed E-state index contributed by atoms with van der Waals surface area (Å²) in [6.45, 7) is 2.32. The van der Waals surface area contributed by atoms with E-state index in [-0.39, 0.29) is 10.6 Å². The number of nitrogens with zero attached hydrogens (tertiary/aromatic N) is 1. The van der Waals surface area contributed by atoms with Crippen LogP contribution in [0.5, 0.6) is 5.75 Å². The molecular formula is C12H15N3O3S2. The smallest absolute Gasteiger partial charge is 0.240 e. The van der Waals surface area contributed by atoms with Crippen LogP contribution in [-0.2, 0) is 16.4 Å². The van der Waals surface area contributed by atoms with Crippen molar-refractivity contribution in [1.29, 1.82) is 0 Å². The number of para-hydroxylation sites is 1. The van der Waals surface area contributed by atoms with E-state index in [4.69, 9.17) is 15.6 Å². The number of hydrogen-bond donors (Lipinski definition) is 2. The average molecular weight is 313 g/mol. The van der Waals surface area contributed by atoms with Crippen molar-refractivity contribution in [1.82, 2.24) is 4.98 Å². The quantitative estimate of drug-likeness (QED) is 0.809. The third-order valence-electron chi connectivity index (χ3n) is 2.76. The molecule has 0 aliphatic carbocycles. The number of nitrogen functional groups attached to an aromatic ring is 1. The third kappa shape index (κ3) is 3.27. The Morgan fingerprint density at radius 3 is 2.75 bits per heavy atom. The Morgan fingerprint density at radius 2 is 2.15 bits per heavy atom. The van der Waals surface area contributed by atoms with E-state index in [1.807, 2.05) is 6.92 Å². The number of anilines is 1. The molecule has 0 atom stereocenters. The van der Waals surface area contributed by atoms with Gasteiger partial charge in [0.1, 0.15) is 10.6 Å². The fourth-order valence-electron chi connectivity index (χ4n) is 1.72. The SMILES string of the molecule is Cc1ncsc1CCOc1cccc(S(N)(=O)=O)c1N. The predicted octanol–water partition coefficient (Wildman–Crippen LogP) is 1.30. The molecule has 1 aromatic carbocycles. The summed E-state index contributed by atoms with van der Waals surface area (Å²) in [6, 6.07) is 4.51. The van der Waals surface area contributed by atoms with Crippen molar-refractivity contribution in [2.24, 2.45) is 5.14 Å². The Hall–Kier alpha value is -1.64. The molecule has 0 saturated carbocycles. The maximum absolute atomic E-state index is 11.3. The molecule has 4 N–H and O–H groups in total. The topological polar surface area (TPSA) is 108 Å². The first-order valence-electron chi connectivity index (χ1n) is 5.82. The number of primary sulfonamides is 1. The molecule has 0 aliphatic heterocycles. The van der Waals surface area contributed by atoms with E-state index in [9.17, 15) is 8.42 Å². The Morgan fingerprint density at radius 1 is 1.40 bits per heavy atom. The monoisotopic (exact) mass is 313 g/mol. The number of hydrogen-bond acceptors (Lipinski definition) is 6. The molecule has 0 spiro atoms. The molecule has 1 heterocycles. The van der Waals surface area contributed by atoms with Crippen LogP contribution in [-0.4, -0.2) is 20.0 Å². The molecule has 0 unspecified atom stereocenters. The summed E-state index contributed by atoms with van der Waals surface area (Å²) in [4.78, 5) is 5.16. The molecule has 2 aromatic rings. The van der Waals surface area contributed by atoms with Gasteiger partial charge >= 0.3 is 0 Å². The highest BCUT2D eigenvalue weighted by atomic mass is 32.2. The standard InChI is InChI=1S/C12H15N3O3S2/c1-8-10(19-7-15-8)5-6-18-9-3-2-4-11(12(9)13)20(14,16)17/h2-4,7H,5-6,13H2,1H3,(H2,14,16,17). The molecule has 0 bridgehead atoms. The number of benzene rings is 1. The maximum atomic E-state index is 11.3. The van der Waals surface area contributed by atoms with Gasteiger partial charge in [0, 0.05) is 11.3 Å². The number of aromatic nitrogens is 1. The molecule has 0 saturated heterocycles. The second kappa shape index (κ2) is 5.78. The molecule has 1 aromatic heterocycles. The fourth-order valence-corrected chi connectivity index (χ4v) is 3.16. The van der Waals surface area contributed by atoms with Gasteiger partial charge in [0.25, 0.3) is 0 Å². The van der Waals surface area contributed by atoms with Gasteiger partial charge in [-0.25, -0.2) is 18.5 Å². The minimum Gasteiger partial charge on any atom is -0.491 e. The van der Waals surface area contributed by atoms with Gasteiger partial charge in [-0.3, -0.25) is 0 Å². The van der Waals surface area contributed by atoms with E-state index >= 15 is 0 Å². The second-order valence-corrected chi connectivity index (χ2v) is 6.64. The number of sulfonamides is 1. The van der Waals surface area contributed by atoms with Gasteiger partial charge in [-0.05, 0) is 19.1 Å². The lowest BCUT2D eigenvalue weighted by Crippen LogP contribution is -2.15. The Kier molecular flexibility index (Phi) is 4.26. The Balaban J connectivity index is 2.09. The van der Waals surface area contributed by atoms with E-state index in [0.29, 0.717) is 18.8 Å². The van der Waals surface area contributed by atoms with Crippen LogP contribution in [0, 0.1) is 6.92 Å². The zero-order valence-electron chi connectivity index (χ0n) is 10.9. The highest BCUT2D eigenvalue weighted by Gasteiger charge is 2.15. The summed E-state index contributed by atoms with van der Waals surface area (Å²) in [7, 11) is -3.84. The van der Waals surface area contributed by atoms with Crippen LogP contribution in [0.25, 0.3) is 0 Å². The van der Waals surface area contributed by atoms with Crippen LogP contribution in [0.3, 0.4) is 0 Å². The predicted molar refractivity (Wildman–Crippen MR) is 78.3 cm³/mol. The van der Waals surface area contributed by atoms with Crippen LogP contribution in [0.15, 0.2) is 28.6 Å². The lowest BCUT2D eigenvalue weighted by molar-refractivity contribution is 0.323. The zero-order chi connectivity index (χ0) is 14.8. The van der Waals surface area contributed by atoms with Gasteiger partial charge in [0.05, 0.1) is 23.5 Å². The molecule has 2 rings (SSSR count). The summed E-state index contributed by atoms with van der Waals surface area (Å²) in [6.07, 6.45) is 0.690. The van der Waals surface area contributed by atoms with Crippen molar-refractivity contribution in [3.63, 3.8) is 0 Å². The molecule has 8 heteroatoms. The van der Waals surface area contributed by atoms with Gasteiger partial charge in [-0.2, -0.15) is 0 Å². The lowest BCUT2D eigenvalue weighted by atomic mass is 10.3. The minimum absolute atomic E-state index is 0.0380. The second-order valence-electron chi connectivity index (χ2n) is 4.17. The fraction of sp³-hybridized carbons (Fsp3) is 0.250. The molecule has 0 aliphatic rings. The molecule has 108 valence electrons. The Labute approximate surface area is 121 Å². The first kappa shape index (κ1) is 14.8. The van der Waals surface area contributed by atoms with Crippen molar-refractivity contribution < 1.29 is 13.2 Å². The molecule has 6 nitrogen and oxygen atoms in total. The van der Waals surface area contributed by atoms with E-state index in [2.05, 4.69) is 4.98 Å². The van der Waals surface area contributed by atoms with Crippen LogP contribution in [0.4, 0.5) is 5.69 Å². The average Bonchev–Trinajstić information content (AvgIpc) is 2.76. The van der Waals surface area contributed by atoms with E-state index in [1.54, 1.807) is 29.0 Å². The third-order valence-corrected chi connectivity index (χ3v) is 4.73. The first-order valence-corrected chi connectivity index (χ1v) is 8.25. The minimum atomic E-state index is -3.84. The maximum Gasteiger partial charge on any atom is 0.240 e. The number of rotatable bonds is 5. The van der Waals surface area contributed by atoms with Crippen LogP contribution in [0.2, 0.25) is 0 Å². The normalized spacial score (nSPS) is 11.5. The van der Waals surface area contributed by atoms with Gasteiger partial charge < -0.3 is 10.5 Å². The lowest BCUT2D eigenvalue weighted by Gasteiger charge is -2.11. The van der Waals surface area contributed by atoms with E-state index in [1.165, 1.54) is 6.07 Å². The summed E-state index contributed by atoms with van der Waals surface area (Å²) in [5.74, 6) is 0.318. The summed E-state index contributed by atoms with van der Waals surface area (Å²) >= 11 is 1.56. The van der Waals surface area contributed by atoms with Gasteiger partial charge in [0.2, 0.25) is 10.0 Å². The largest absolute Gasteiger partial charge is 0.491 e. The van der Waals surface area contributed by atoms with E-state index in [0.717, 1.165) is 10.6 Å². The zero-order valence-corrected chi connectivity index (χ0v) is 12.5. The van der Waals surface area contributed by atoms with Crippen molar-refractivity contribution >= 4 is 27.0 Å². The van der Waals surface area contributed by atoms with Crippen molar-refractivity contribution in [3.05, 3.63) is 34.3 Å². The van der Waals surface area contributed by atoms with Crippen molar-refractivity contribution in [3.8, 4) is 5.75 Å². The van der Waals surface area contributed by atoms with Gasteiger partial charge in [0.15, 0.2) is 0 Å². The number of thiazole rings is 1.